The van der Waals surface area contributed by atoms with Crippen LogP contribution in [0.5, 0.6) is 0 Å². The van der Waals surface area contributed by atoms with Gasteiger partial charge in [0.15, 0.2) is 0 Å². The number of nitrogens with zero attached hydrogens (tertiary/aromatic N) is 2. The highest BCUT2D eigenvalue weighted by Gasteiger charge is 2.38. The Kier molecular flexibility index (Phi) is 14.2. The van der Waals surface area contributed by atoms with Crippen LogP contribution in [-0.2, 0) is 19.2 Å². The van der Waals surface area contributed by atoms with Crippen LogP contribution in [0.3, 0.4) is 0 Å². The number of carbonyl (C=O) groups is 4. The molecule has 0 saturated carbocycles. The molecular weight excluding hydrogens is 555 g/mol. The van der Waals surface area contributed by atoms with Crippen LogP contribution in [0.4, 0.5) is 24.7 Å². The number of pyridine rings is 1. The minimum Gasteiger partial charge on any atom is -0.481 e. The van der Waals surface area contributed by atoms with E-state index in [9.17, 15) is 37.7 Å². The Hall–Kier alpha value is -4.76. The van der Waals surface area contributed by atoms with Gasteiger partial charge in [0, 0.05) is 31.3 Å². The van der Waals surface area contributed by atoms with Gasteiger partial charge in [-0.2, -0.15) is 13.2 Å². The Balaban J connectivity index is 0.00000106. The molecule has 0 aliphatic carbocycles. The Morgan fingerprint density at radius 2 is 1.73 bits per heavy atom. The first-order valence-electron chi connectivity index (χ1n) is 12.2. The lowest BCUT2D eigenvalue weighted by Gasteiger charge is -2.17. The average molecular weight is 586 g/mol. The van der Waals surface area contributed by atoms with Gasteiger partial charge in [0.1, 0.15) is 5.82 Å². The van der Waals surface area contributed by atoms with Crippen LogP contribution in [0, 0.1) is 17.0 Å². The van der Waals surface area contributed by atoms with Gasteiger partial charge in [-0.05, 0) is 43.0 Å². The lowest BCUT2D eigenvalue weighted by Crippen LogP contribution is -2.39. The largest absolute Gasteiger partial charge is 0.490 e. The Bertz CT molecular complexity index is 1210. The van der Waals surface area contributed by atoms with E-state index in [4.69, 9.17) is 15.0 Å². The number of aliphatic carboxylic acids is 2. The van der Waals surface area contributed by atoms with Crippen LogP contribution in [0.15, 0.2) is 42.6 Å². The van der Waals surface area contributed by atoms with Crippen LogP contribution >= 0.6 is 0 Å². The lowest BCUT2D eigenvalue weighted by atomic mass is 10.0. The van der Waals surface area contributed by atoms with Crippen molar-refractivity contribution in [1.82, 2.24) is 15.6 Å². The molecule has 0 fully saturated rings. The molecule has 0 bridgehead atoms. The maximum Gasteiger partial charge on any atom is 0.490 e. The number of carboxylic acids is 2. The zero-order valence-corrected chi connectivity index (χ0v) is 21.9. The molecule has 2 rings (SSSR count). The topological polar surface area (TPSA) is 201 Å². The standard InChI is InChI=1S/C23H29N5O6.C2HF3O2/c1-16-9-11-25-20(12-16)24-10-4-2-3-8-21(29)26-15-22(30)27-19(14-23(31)32)17-6-5-7-18(13-17)28(33)34;3-2(4,5)1(6)7/h5-7,9,11-13,19H,2-4,8,10,14-15H2,1H3,(H,24,25)(H,26,29)(H,27,30)(H,31,32);(H,6,7). The molecule has 2 aromatic rings. The van der Waals surface area contributed by atoms with Crippen molar-refractivity contribution in [2.75, 3.05) is 18.4 Å². The fourth-order valence-corrected chi connectivity index (χ4v) is 3.23. The predicted molar refractivity (Wildman–Crippen MR) is 139 cm³/mol. The summed E-state index contributed by atoms with van der Waals surface area (Å²) in [7, 11) is 0. The van der Waals surface area contributed by atoms with Gasteiger partial charge in [0.25, 0.3) is 5.69 Å². The minimum atomic E-state index is -5.08. The van der Waals surface area contributed by atoms with Crippen molar-refractivity contribution in [3.63, 3.8) is 0 Å². The van der Waals surface area contributed by atoms with Crippen LogP contribution < -0.4 is 16.0 Å². The number of aryl methyl sites for hydroxylation is 1. The fourth-order valence-electron chi connectivity index (χ4n) is 3.23. The van der Waals surface area contributed by atoms with Crippen molar-refractivity contribution in [2.45, 2.75) is 51.2 Å². The predicted octanol–water partition coefficient (Wildman–Crippen LogP) is 3.35. The number of nitrogens with one attached hydrogen (secondary N) is 3. The zero-order chi connectivity index (χ0) is 31.0. The number of halogens is 3. The van der Waals surface area contributed by atoms with Gasteiger partial charge in [0.05, 0.1) is 23.9 Å². The third kappa shape index (κ3) is 14.8. The van der Waals surface area contributed by atoms with Crippen molar-refractivity contribution < 1.29 is 47.5 Å². The van der Waals surface area contributed by atoms with E-state index in [0.29, 0.717) is 12.0 Å². The summed E-state index contributed by atoms with van der Waals surface area (Å²) in [4.78, 5) is 58.9. The molecule has 1 aromatic heterocycles. The normalized spacial score (nSPS) is 11.3. The number of hydrogen-bond donors (Lipinski definition) is 5. The lowest BCUT2D eigenvalue weighted by molar-refractivity contribution is -0.384. The number of aromatic nitrogens is 1. The highest BCUT2D eigenvalue weighted by molar-refractivity contribution is 5.85. The van der Waals surface area contributed by atoms with E-state index in [-0.39, 0.29) is 24.6 Å². The van der Waals surface area contributed by atoms with Gasteiger partial charge in [-0.15, -0.1) is 0 Å². The summed E-state index contributed by atoms with van der Waals surface area (Å²) >= 11 is 0. The van der Waals surface area contributed by atoms with Gasteiger partial charge in [-0.3, -0.25) is 24.5 Å². The summed E-state index contributed by atoms with van der Waals surface area (Å²) in [5, 5.41) is 35.5. The Morgan fingerprint density at radius 3 is 2.32 bits per heavy atom. The quantitative estimate of drug-likeness (QED) is 0.124. The zero-order valence-electron chi connectivity index (χ0n) is 21.9. The van der Waals surface area contributed by atoms with Crippen molar-refractivity contribution in [1.29, 1.82) is 0 Å². The molecule has 1 atom stereocenters. The Morgan fingerprint density at radius 1 is 1.05 bits per heavy atom. The van der Waals surface area contributed by atoms with Crippen LogP contribution in [0.1, 0.15) is 49.3 Å². The molecule has 0 saturated heterocycles. The molecule has 224 valence electrons. The van der Waals surface area contributed by atoms with Gasteiger partial charge in [-0.1, -0.05) is 18.6 Å². The molecule has 0 aliphatic heterocycles. The molecule has 1 unspecified atom stereocenters. The van der Waals surface area contributed by atoms with Crippen molar-refractivity contribution >= 4 is 35.3 Å². The molecule has 41 heavy (non-hydrogen) atoms. The van der Waals surface area contributed by atoms with Gasteiger partial charge >= 0.3 is 18.1 Å². The number of alkyl halides is 3. The van der Waals surface area contributed by atoms with Crippen molar-refractivity contribution in [2.24, 2.45) is 0 Å². The molecule has 0 radical (unpaired) electrons. The monoisotopic (exact) mass is 585 g/mol. The van der Waals surface area contributed by atoms with E-state index in [1.54, 1.807) is 6.20 Å². The van der Waals surface area contributed by atoms with Gasteiger partial charge in [-0.25, -0.2) is 9.78 Å². The number of hydrogen-bond acceptors (Lipinski definition) is 8. The van der Waals surface area contributed by atoms with Crippen LogP contribution in [-0.4, -0.2) is 63.1 Å². The molecule has 0 spiro atoms. The van der Waals surface area contributed by atoms with E-state index in [2.05, 4.69) is 20.9 Å². The molecule has 16 heteroatoms. The second-order valence-electron chi connectivity index (χ2n) is 8.61. The number of rotatable bonds is 14. The van der Waals surface area contributed by atoms with Gasteiger partial charge in [0.2, 0.25) is 11.8 Å². The third-order valence-corrected chi connectivity index (χ3v) is 5.19. The molecule has 2 amide bonds. The molecule has 1 aromatic carbocycles. The number of carboxylic acid groups (broad SMARTS) is 2. The molecular formula is C25H30F3N5O8. The number of nitro benzene ring substituents is 1. The first kappa shape index (κ1) is 34.3. The molecule has 13 nitrogen and oxygen atoms in total. The highest BCUT2D eigenvalue weighted by Crippen LogP contribution is 2.22. The van der Waals surface area contributed by atoms with E-state index < -0.39 is 41.4 Å². The molecule has 0 aliphatic rings. The summed E-state index contributed by atoms with van der Waals surface area (Å²) in [6.07, 6.45) is -1.18. The summed E-state index contributed by atoms with van der Waals surface area (Å²) in [5.41, 5.74) is 1.21. The van der Waals surface area contributed by atoms with E-state index >= 15 is 0 Å². The number of anilines is 1. The third-order valence-electron chi connectivity index (χ3n) is 5.19. The summed E-state index contributed by atoms with van der Waals surface area (Å²) < 4.78 is 31.7. The van der Waals surface area contributed by atoms with Crippen molar-refractivity contribution in [3.05, 3.63) is 63.8 Å². The SMILES string of the molecule is Cc1ccnc(NCCCCCC(=O)NCC(=O)NC(CC(=O)O)c2cccc([N+](=O)[O-])c2)c1.O=C(O)C(F)(F)F. The maximum atomic E-state index is 12.2. The number of amides is 2. The number of non-ortho nitro benzene ring substituents is 1. The van der Waals surface area contributed by atoms with E-state index in [1.165, 1.54) is 24.3 Å². The summed E-state index contributed by atoms with van der Waals surface area (Å²) in [5.74, 6) is -3.98. The minimum absolute atomic E-state index is 0.208. The van der Waals surface area contributed by atoms with Crippen molar-refractivity contribution in [3.8, 4) is 0 Å². The maximum absolute atomic E-state index is 12.2. The average Bonchev–Trinajstić information content (AvgIpc) is 2.88. The number of carbonyl (C=O) groups excluding carboxylic acids is 2. The number of benzene rings is 1. The highest BCUT2D eigenvalue weighted by atomic mass is 19.4. The summed E-state index contributed by atoms with van der Waals surface area (Å²) in [6, 6.07) is 8.34. The second-order valence-corrected chi connectivity index (χ2v) is 8.61. The van der Waals surface area contributed by atoms with Crippen LogP contribution in [0.2, 0.25) is 0 Å². The van der Waals surface area contributed by atoms with E-state index in [1.807, 2.05) is 19.1 Å². The molecule has 5 N–H and O–H groups in total. The number of nitro groups is 1. The summed E-state index contributed by atoms with van der Waals surface area (Å²) in [6.45, 7) is 2.42. The number of unbranched alkanes of at least 4 members (excludes halogenated alkanes) is 2. The second kappa shape index (κ2) is 17.0. The first-order valence-corrected chi connectivity index (χ1v) is 12.2. The Labute approximate surface area is 232 Å². The first-order chi connectivity index (χ1) is 19.2. The van der Waals surface area contributed by atoms with Crippen LogP contribution in [0.25, 0.3) is 0 Å². The smallest absolute Gasteiger partial charge is 0.481 e. The van der Waals surface area contributed by atoms with Gasteiger partial charge < -0.3 is 26.2 Å². The molecule has 1 heterocycles. The fraction of sp³-hybridized carbons (Fsp3) is 0.400. The van der Waals surface area contributed by atoms with E-state index in [0.717, 1.165) is 30.8 Å².